The highest BCUT2D eigenvalue weighted by Crippen LogP contribution is 2.19. The molecule has 1 N–H and O–H groups in total. The first-order chi connectivity index (χ1) is 14.1. The summed E-state index contributed by atoms with van der Waals surface area (Å²) in [4.78, 5) is 41.4. The lowest BCUT2D eigenvalue weighted by atomic mass is 9.95. The van der Waals surface area contributed by atoms with Crippen LogP contribution in [-0.4, -0.2) is 28.7 Å². The Labute approximate surface area is 175 Å². The van der Waals surface area contributed by atoms with Gasteiger partial charge in [-0.25, -0.2) is 9.78 Å². The number of carbonyl (C=O) groups is 3. The highest BCUT2D eigenvalue weighted by molar-refractivity contribution is 6.02. The quantitative estimate of drug-likeness (QED) is 0.494. The summed E-state index contributed by atoms with van der Waals surface area (Å²) in [5.41, 5.74) is 1.29. The van der Waals surface area contributed by atoms with Gasteiger partial charge in [-0.15, -0.1) is 0 Å². The molecule has 1 amide bonds. The Bertz CT molecular complexity index is 1100. The number of aromatic nitrogens is 1. The van der Waals surface area contributed by atoms with Crippen LogP contribution in [0, 0.1) is 5.41 Å². The molecular formula is C24H24N2O4. The smallest absolute Gasteiger partial charge is 0.357 e. The number of hydrogen-bond donors (Lipinski definition) is 1. The number of ether oxygens (including phenoxy) is 1. The predicted octanol–water partition coefficient (Wildman–Crippen LogP) is 4.65. The van der Waals surface area contributed by atoms with Crippen LogP contribution in [0.3, 0.4) is 0 Å². The molecule has 1 atom stereocenters. The molecule has 3 aromatic rings. The van der Waals surface area contributed by atoms with Crippen LogP contribution in [-0.2, 0) is 9.53 Å². The maximum Gasteiger partial charge on any atom is 0.357 e. The maximum atomic E-state index is 12.6. The molecule has 0 bridgehead atoms. The molecule has 154 valence electrons. The molecular weight excluding hydrogens is 380 g/mol. The molecule has 1 heterocycles. The van der Waals surface area contributed by atoms with Crippen molar-refractivity contribution in [2.45, 2.75) is 33.8 Å². The average molecular weight is 404 g/mol. The molecule has 0 fully saturated rings. The standard InChI is InChI=1S/C24H24N2O4/c1-15(30-22(28)20-14-11-16-7-5-6-8-19(16)26-20)21(27)17-9-12-18(13-10-17)25-23(29)24(2,3)4/h5-15H,1-4H3,(H,25,29)/t15-/m0/s1. The molecule has 0 aliphatic heterocycles. The van der Waals surface area contributed by atoms with Crippen molar-refractivity contribution in [2.75, 3.05) is 5.32 Å². The van der Waals surface area contributed by atoms with E-state index >= 15 is 0 Å². The van der Waals surface area contributed by atoms with Gasteiger partial charge in [-0.05, 0) is 43.3 Å². The molecule has 30 heavy (non-hydrogen) atoms. The third-order valence-electron chi connectivity index (χ3n) is 4.57. The Kier molecular flexibility index (Phi) is 5.96. The van der Waals surface area contributed by atoms with Gasteiger partial charge in [0, 0.05) is 22.1 Å². The van der Waals surface area contributed by atoms with Crippen molar-refractivity contribution in [3.8, 4) is 0 Å². The second-order valence-electron chi connectivity index (χ2n) is 8.08. The summed E-state index contributed by atoms with van der Waals surface area (Å²) in [6.07, 6.45) is -0.971. The van der Waals surface area contributed by atoms with Crippen LogP contribution < -0.4 is 5.32 Å². The monoisotopic (exact) mass is 404 g/mol. The number of nitrogens with zero attached hydrogens (tertiary/aromatic N) is 1. The van der Waals surface area contributed by atoms with Crippen LogP contribution >= 0.6 is 0 Å². The number of benzene rings is 2. The van der Waals surface area contributed by atoms with Crippen LogP contribution in [0.2, 0.25) is 0 Å². The number of anilines is 1. The Morgan fingerprint density at radius 2 is 1.60 bits per heavy atom. The molecule has 1 aromatic heterocycles. The van der Waals surface area contributed by atoms with E-state index in [1.165, 1.54) is 6.92 Å². The first-order valence-electron chi connectivity index (χ1n) is 9.67. The minimum Gasteiger partial charge on any atom is -0.450 e. The Hall–Kier alpha value is -3.54. The fourth-order valence-corrected chi connectivity index (χ4v) is 2.73. The molecule has 0 aliphatic rings. The van der Waals surface area contributed by atoms with Crippen LogP contribution in [0.25, 0.3) is 10.9 Å². The fraction of sp³-hybridized carbons (Fsp3) is 0.250. The van der Waals surface area contributed by atoms with E-state index in [0.29, 0.717) is 16.8 Å². The number of hydrogen-bond acceptors (Lipinski definition) is 5. The molecule has 0 unspecified atom stereocenters. The summed E-state index contributed by atoms with van der Waals surface area (Å²) in [7, 11) is 0. The number of amides is 1. The first-order valence-corrected chi connectivity index (χ1v) is 9.67. The molecule has 0 saturated heterocycles. The van der Waals surface area contributed by atoms with Gasteiger partial charge in [0.15, 0.2) is 6.10 Å². The molecule has 2 aromatic carbocycles. The van der Waals surface area contributed by atoms with Gasteiger partial charge in [-0.1, -0.05) is 45.0 Å². The second kappa shape index (κ2) is 8.45. The van der Waals surface area contributed by atoms with Crippen LogP contribution in [0.15, 0.2) is 60.7 Å². The molecule has 3 rings (SSSR count). The topological polar surface area (TPSA) is 85.4 Å². The first kappa shape index (κ1) is 21.2. The number of rotatable bonds is 5. The number of esters is 1. The lowest BCUT2D eigenvalue weighted by molar-refractivity contribution is -0.123. The van der Waals surface area contributed by atoms with Crippen molar-refractivity contribution < 1.29 is 19.1 Å². The highest BCUT2D eigenvalue weighted by atomic mass is 16.5. The van der Waals surface area contributed by atoms with Crippen molar-refractivity contribution in [2.24, 2.45) is 5.41 Å². The maximum absolute atomic E-state index is 12.6. The SMILES string of the molecule is C[C@H](OC(=O)c1ccc2ccccc2n1)C(=O)c1ccc(NC(=O)C(C)(C)C)cc1. The van der Waals surface area contributed by atoms with E-state index in [-0.39, 0.29) is 17.4 Å². The van der Waals surface area contributed by atoms with Gasteiger partial charge < -0.3 is 10.1 Å². The predicted molar refractivity (Wildman–Crippen MR) is 115 cm³/mol. The lowest BCUT2D eigenvalue weighted by Gasteiger charge is -2.18. The third-order valence-corrected chi connectivity index (χ3v) is 4.57. The summed E-state index contributed by atoms with van der Waals surface area (Å²) >= 11 is 0. The van der Waals surface area contributed by atoms with Gasteiger partial charge >= 0.3 is 5.97 Å². The number of para-hydroxylation sites is 1. The molecule has 6 nitrogen and oxygen atoms in total. The minimum absolute atomic E-state index is 0.119. The number of ketones is 1. The van der Waals surface area contributed by atoms with E-state index in [0.717, 1.165) is 5.39 Å². The van der Waals surface area contributed by atoms with Gasteiger partial charge in [0.25, 0.3) is 0 Å². The van der Waals surface area contributed by atoms with E-state index in [1.807, 2.05) is 39.0 Å². The van der Waals surface area contributed by atoms with Gasteiger partial charge in [0.05, 0.1) is 5.52 Å². The van der Waals surface area contributed by atoms with Crippen LogP contribution in [0.5, 0.6) is 0 Å². The Morgan fingerprint density at radius 1 is 0.933 bits per heavy atom. The molecule has 0 saturated carbocycles. The molecule has 0 radical (unpaired) electrons. The van der Waals surface area contributed by atoms with E-state index in [2.05, 4.69) is 10.3 Å². The number of fused-ring (bicyclic) bond motifs is 1. The van der Waals surface area contributed by atoms with Crippen molar-refractivity contribution in [1.29, 1.82) is 0 Å². The van der Waals surface area contributed by atoms with Gasteiger partial charge in [-0.2, -0.15) is 0 Å². The number of Topliss-reactive ketones (excluding diaryl/α,β-unsaturated/α-hetero) is 1. The van der Waals surface area contributed by atoms with Crippen molar-refractivity contribution in [1.82, 2.24) is 4.98 Å². The van der Waals surface area contributed by atoms with Crippen molar-refractivity contribution in [3.63, 3.8) is 0 Å². The van der Waals surface area contributed by atoms with E-state index in [4.69, 9.17) is 4.74 Å². The third kappa shape index (κ3) is 4.89. The van der Waals surface area contributed by atoms with Crippen LogP contribution in [0.4, 0.5) is 5.69 Å². The second-order valence-corrected chi connectivity index (χ2v) is 8.08. The van der Waals surface area contributed by atoms with Crippen molar-refractivity contribution in [3.05, 3.63) is 71.9 Å². The zero-order valence-corrected chi connectivity index (χ0v) is 17.4. The van der Waals surface area contributed by atoms with E-state index in [1.54, 1.807) is 42.5 Å². The zero-order chi connectivity index (χ0) is 21.9. The molecule has 6 heteroatoms. The number of nitrogens with one attached hydrogen (secondary N) is 1. The zero-order valence-electron chi connectivity index (χ0n) is 17.4. The Morgan fingerprint density at radius 3 is 2.27 bits per heavy atom. The van der Waals surface area contributed by atoms with Gasteiger partial charge in [0.1, 0.15) is 5.69 Å². The summed E-state index contributed by atoms with van der Waals surface area (Å²) in [6.45, 7) is 6.98. The Balaban J connectivity index is 1.66. The molecule has 0 aliphatic carbocycles. The summed E-state index contributed by atoms with van der Waals surface area (Å²) in [6, 6.07) is 17.3. The summed E-state index contributed by atoms with van der Waals surface area (Å²) in [5, 5.41) is 3.72. The van der Waals surface area contributed by atoms with E-state index < -0.39 is 17.5 Å². The largest absolute Gasteiger partial charge is 0.450 e. The van der Waals surface area contributed by atoms with Crippen molar-refractivity contribution >= 4 is 34.3 Å². The fourth-order valence-electron chi connectivity index (χ4n) is 2.73. The van der Waals surface area contributed by atoms with Crippen LogP contribution in [0.1, 0.15) is 48.5 Å². The molecule has 0 spiro atoms. The average Bonchev–Trinajstić information content (AvgIpc) is 2.72. The number of pyridine rings is 1. The normalized spacial score (nSPS) is 12.3. The van der Waals surface area contributed by atoms with Gasteiger partial charge in [0.2, 0.25) is 11.7 Å². The minimum atomic E-state index is -0.971. The number of carbonyl (C=O) groups excluding carboxylic acids is 3. The summed E-state index contributed by atoms with van der Waals surface area (Å²) in [5.74, 6) is -1.11. The van der Waals surface area contributed by atoms with Gasteiger partial charge in [-0.3, -0.25) is 9.59 Å². The van der Waals surface area contributed by atoms with E-state index in [9.17, 15) is 14.4 Å². The summed E-state index contributed by atoms with van der Waals surface area (Å²) < 4.78 is 5.32. The lowest BCUT2D eigenvalue weighted by Crippen LogP contribution is -2.27. The highest BCUT2D eigenvalue weighted by Gasteiger charge is 2.23.